The number of esters is 1. The van der Waals surface area contributed by atoms with Crippen molar-refractivity contribution in [3.8, 4) is 0 Å². The first-order chi connectivity index (χ1) is 11.4. The van der Waals surface area contributed by atoms with Gasteiger partial charge in [-0.1, -0.05) is 0 Å². The number of carbonyl (C=O) groups excluding carboxylic acids is 2. The molecule has 1 fully saturated rings. The highest BCUT2D eigenvalue weighted by atomic mass is 32.2. The molecule has 3 N–H and O–H groups in total. The maximum absolute atomic E-state index is 12.7. The lowest BCUT2D eigenvalue weighted by atomic mass is 9.99. The van der Waals surface area contributed by atoms with Crippen LogP contribution in [0.15, 0.2) is 16.3 Å². The predicted octanol–water partition coefficient (Wildman–Crippen LogP) is 0.0103. The quantitative estimate of drug-likeness (QED) is 0.676. The van der Waals surface area contributed by atoms with Crippen molar-refractivity contribution >= 4 is 33.2 Å². The van der Waals surface area contributed by atoms with Gasteiger partial charge in [0.15, 0.2) is 0 Å². The second-order valence-electron chi connectivity index (χ2n) is 5.42. The summed E-state index contributed by atoms with van der Waals surface area (Å²) in [5.74, 6) is -1.14. The number of hydrogen-bond acceptors (Lipinski definition) is 7. The van der Waals surface area contributed by atoms with E-state index in [1.165, 1.54) is 22.9 Å². The van der Waals surface area contributed by atoms with Gasteiger partial charge in [-0.3, -0.25) is 4.79 Å². The molecule has 1 amide bonds. The SMILES string of the molecule is COC(=O)c1cc(S(=O)(=O)N2CCCC(C(=O)NCCN)C2)cs1. The molecule has 24 heavy (non-hydrogen) atoms. The molecule has 1 atom stereocenters. The third kappa shape index (κ3) is 4.12. The van der Waals surface area contributed by atoms with Crippen molar-refractivity contribution in [2.24, 2.45) is 11.7 Å². The molecule has 0 saturated carbocycles. The van der Waals surface area contributed by atoms with Crippen LogP contribution in [0.1, 0.15) is 22.5 Å². The Labute approximate surface area is 145 Å². The molecule has 1 saturated heterocycles. The van der Waals surface area contributed by atoms with Crippen molar-refractivity contribution in [3.63, 3.8) is 0 Å². The molecular weight excluding hydrogens is 354 g/mol. The number of ether oxygens (including phenoxy) is 1. The first kappa shape index (κ1) is 18.8. The van der Waals surface area contributed by atoms with Gasteiger partial charge < -0.3 is 15.8 Å². The zero-order chi connectivity index (χ0) is 17.7. The fourth-order valence-corrected chi connectivity index (χ4v) is 5.23. The Morgan fingerprint density at radius 2 is 2.25 bits per heavy atom. The molecule has 1 aromatic heterocycles. The fraction of sp³-hybridized carbons (Fsp3) is 0.571. The zero-order valence-corrected chi connectivity index (χ0v) is 15.0. The van der Waals surface area contributed by atoms with Gasteiger partial charge in [-0.05, 0) is 18.9 Å². The van der Waals surface area contributed by atoms with Crippen LogP contribution in [0.4, 0.5) is 0 Å². The van der Waals surface area contributed by atoms with Crippen LogP contribution < -0.4 is 11.1 Å². The summed E-state index contributed by atoms with van der Waals surface area (Å²) >= 11 is 1.02. The van der Waals surface area contributed by atoms with Crippen LogP contribution in [-0.4, -0.2) is 57.9 Å². The van der Waals surface area contributed by atoms with E-state index in [-0.39, 0.29) is 22.2 Å². The zero-order valence-electron chi connectivity index (χ0n) is 13.4. The summed E-state index contributed by atoms with van der Waals surface area (Å²) in [7, 11) is -2.50. The Bertz CT molecular complexity index is 701. The highest BCUT2D eigenvalue weighted by Gasteiger charge is 2.34. The number of carbonyl (C=O) groups is 2. The second kappa shape index (κ2) is 8.06. The molecule has 0 aromatic carbocycles. The summed E-state index contributed by atoms with van der Waals surface area (Å²) in [5, 5.41) is 4.11. The van der Waals surface area contributed by atoms with E-state index < -0.39 is 21.9 Å². The topological polar surface area (TPSA) is 119 Å². The van der Waals surface area contributed by atoms with Crippen molar-refractivity contribution in [3.05, 3.63) is 16.3 Å². The van der Waals surface area contributed by atoms with Gasteiger partial charge in [-0.2, -0.15) is 4.31 Å². The third-order valence-electron chi connectivity index (χ3n) is 3.80. The van der Waals surface area contributed by atoms with Crippen molar-refractivity contribution in [2.75, 3.05) is 33.3 Å². The van der Waals surface area contributed by atoms with Crippen molar-refractivity contribution in [1.29, 1.82) is 0 Å². The van der Waals surface area contributed by atoms with E-state index in [4.69, 9.17) is 5.73 Å². The number of nitrogens with one attached hydrogen (secondary N) is 1. The van der Waals surface area contributed by atoms with Gasteiger partial charge in [0, 0.05) is 31.6 Å². The summed E-state index contributed by atoms with van der Waals surface area (Å²) in [5.41, 5.74) is 5.36. The van der Waals surface area contributed by atoms with Crippen LogP contribution in [0.2, 0.25) is 0 Å². The molecule has 2 heterocycles. The Morgan fingerprint density at radius 1 is 1.50 bits per heavy atom. The number of piperidine rings is 1. The lowest BCUT2D eigenvalue weighted by Gasteiger charge is -2.30. The Balaban J connectivity index is 2.12. The molecule has 1 aliphatic heterocycles. The van der Waals surface area contributed by atoms with E-state index in [9.17, 15) is 18.0 Å². The highest BCUT2D eigenvalue weighted by Crippen LogP contribution is 2.27. The number of rotatable bonds is 6. The molecule has 8 nitrogen and oxygen atoms in total. The van der Waals surface area contributed by atoms with Gasteiger partial charge in [0.2, 0.25) is 15.9 Å². The third-order valence-corrected chi connectivity index (χ3v) is 6.70. The number of sulfonamides is 1. The second-order valence-corrected chi connectivity index (χ2v) is 8.27. The van der Waals surface area contributed by atoms with Gasteiger partial charge >= 0.3 is 5.97 Å². The van der Waals surface area contributed by atoms with Crippen LogP contribution in [0, 0.1) is 5.92 Å². The van der Waals surface area contributed by atoms with E-state index in [1.807, 2.05) is 0 Å². The van der Waals surface area contributed by atoms with Gasteiger partial charge in [-0.25, -0.2) is 13.2 Å². The Kier molecular flexibility index (Phi) is 6.33. The van der Waals surface area contributed by atoms with Crippen LogP contribution in [0.25, 0.3) is 0 Å². The Morgan fingerprint density at radius 3 is 2.92 bits per heavy atom. The minimum atomic E-state index is -3.74. The summed E-state index contributed by atoms with van der Waals surface area (Å²) in [6.45, 7) is 1.19. The van der Waals surface area contributed by atoms with E-state index in [0.717, 1.165) is 11.3 Å². The predicted molar refractivity (Wildman–Crippen MR) is 89.2 cm³/mol. The van der Waals surface area contributed by atoms with Gasteiger partial charge in [0.05, 0.1) is 17.9 Å². The standard InChI is InChI=1S/C14H21N3O5S2/c1-22-14(19)12-7-11(9-23-12)24(20,21)17-6-2-3-10(8-17)13(18)16-5-4-15/h7,9-10H,2-6,8,15H2,1H3,(H,16,18). The molecule has 2 rings (SSSR count). The fourth-order valence-electron chi connectivity index (χ4n) is 2.53. The average Bonchev–Trinajstić information content (AvgIpc) is 3.10. The van der Waals surface area contributed by atoms with E-state index >= 15 is 0 Å². The maximum Gasteiger partial charge on any atom is 0.348 e. The van der Waals surface area contributed by atoms with E-state index in [2.05, 4.69) is 10.1 Å². The molecule has 0 aliphatic carbocycles. The van der Waals surface area contributed by atoms with E-state index in [0.29, 0.717) is 32.5 Å². The average molecular weight is 375 g/mol. The number of nitrogens with two attached hydrogens (primary N) is 1. The lowest BCUT2D eigenvalue weighted by molar-refractivity contribution is -0.126. The van der Waals surface area contributed by atoms with Gasteiger partial charge in [0.1, 0.15) is 4.88 Å². The Hall–Kier alpha value is -1.49. The number of methoxy groups -OCH3 is 1. The van der Waals surface area contributed by atoms with Crippen LogP contribution >= 0.6 is 11.3 Å². The number of thiophene rings is 1. The molecule has 0 spiro atoms. The molecule has 0 bridgehead atoms. The summed E-state index contributed by atoms with van der Waals surface area (Å²) < 4.78 is 31.3. The molecule has 1 aromatic rings. The monoisotopic (exact) mass is 375 g/mol. The summed E-state index contributed by atoms with van der Waals surface area (Å²) in [4.78, 5) is 23.8. The number of amides is 1. The molecule has 10 heteroatoms. The van der Waals surface area contributed by atoms with Crippen molar-refractivity contribution < 1.29 is 22.7 Å². The molecular formula is C14H21N3O5S2. The largest absolute Gasteiger partial charge is 0.465 e. The van der Waals surface area contributed by atoms with Gasteiger partial charge in [-0.15, -0.1) is 11.3 Å². The molecule has 1 unspecified atom stereocenters. The van der Waals surface area contributed by atoms with Crippen LogP contribution in [0.5, 0.6) is 0 Å². The number of nitrogens with zero attached hydrogens (tertiary/aromatic N) is 1. The van der Waals surface area contributed by atoms with Crippen LogP contribution in [-0.2, 0) is 19.6 Å². The lowest BCUT2D eigenvalue weighted by Crippen LogP contribution is -2.46. The first-order valence-corrected chi connectivity index (χ1v) is 9.87. The molecule has 134 valence electrons. The first-order valence-electron chi connectivity index (χ1n) is 7.55. The molecule has 0 radical (unpaired) electrons. The number of hydrogen-bond donors (Lipinski definition) is 2. The minimum absolute atomic E-state index is 0.0518. The smallest absolute Gasteiger partial charge is 0.348 e. The van der Waals surface area contributed by atoms with Gasteiger partial charge in [0.25, 0.3) is 0 Å². The molecule has 1 aliphatic rings. The van der Waals surface area contributed by atoms with Crippen molar-refractivity contribution in [2.45, 2.75) is 17.7 Å². The normalized spacial score (nSPS) is 19.0. The summed E-state index contributed by atoms with van der Waals surface area (Å²) in [6, 6.07) is 1.31. The maximum atomic E-state index is 12.7. The summed E-state index contributed by atoms with van der Waals surface area (Å²) in [6.07, 6.45) is 1.24. The minimum Gasteiger partial charge on any atom is -0.465 e. The van der Waals surface area contributed by atoms with Crippen LogP contribution in [0.3, 0.4) is 0 Å². The highest BCUT2D eigenvalue weighted by molar-refractivity contribution is 7.89. The van der Waals surface area contributed by atoms with Crippen molar-refractivity contribution in [1.82, 2.24) is 9.62 Å². The van der Waals surface area contributed by atoms with E-state index in [1.54, 1.807) is 0 Å².